The number of benzene rings is 8. The average molecular weight is 1140 g/mol. The van der Waals surface area contributed by atoms with Crippen molar-refractivity contribution in [2.45, 2.75) is 59.2 Å². The van der Waals surface area contributed by atoms with Crippen molar-refractivity contribution in [1.82, 2.24) is 24.5 Å². The number of pyridine rings is 1. The van der Waals surface area contributed by atoms with Gasteiger partial charge < -0.3 is 14.0 Å². The predicted octanol–water partition coefficient (Wildman–Crippen LogP) is 16.7. The van der Waals surface area contributed by atoms with Crippen LogP contribution in [0.4, 0.5) is 0 Å². The molecule has 0 spiro atoms. The van der Waals surface area contributed by atoms with Gasteiger partial charge in [0.2, 0.25) is 0 Å². The minimum absolute atomic E-state index is 0. The maximum absolute atomic E-state index is 6.86. The zero-order valence-corrected chi connectivity index (χ0v) is 45.5. The van der Waals surface area contributed by atoms with E-state index in [1.165, 1.54) is 38.6 Å². The Morgan fingerprint density at radius 2 is 1.11 bits per heavy atom. The van der Waals surface area contributed by atoms with Crippen molar-refractivity contribution in [3.05, 3.63) is 218 Å². The molecule has 0 bridgehead atoms. The minimum atomic E-state index is -1.23. The van der Waals surface area contributed by atoms with Crippen molar-refractivity contribution in [1.29, 1.82) is 0 Å². The smallest absolute Gasteiger partial charge is 0.188 e. The summed E-state index contributed by atoms with van der Waals surface area (Å²) in [6.07, 6.45) is 2.02. The van der Waals surface area contributed by atoms with E-state index >= 15 is 0 Å². The molecule has 6 nitrogen and oxygen atoms in total. The van der Waals surface area contributed by atoms with E-state index in [1.807, 2.05) is 66.9 Å². The molecule has 0 atom stereocenters. The van der Waals surface area contributed by atoms with Gasteiger partial charge in [0.25, 0.3) is 0 Å². The van der Waals surface area contributed by atoms with Crippen LogP contribution in [0, 0.1) is 12.1 Å². The summed E-state index contributed by atoms with van der Waals surface area (Å²) in [5.74, 6) is 1.11. The molecule has 0 N–H and O–H groups in total. The number of hydrogen-bond donors (Lipinski definition) is 0. The number of para-hydroxylation sites is 2. The quantitative estimate of drug-likeness (QED) is 0.106. The van der Waals surface area contributed by atoms with Gasteiger partial charge in [0.05, 0.1) is 30.5 Å². The van der Waals surface area contributed by atoms with Crippen LogP contribution >= 0.6 is 0 Å². The molecule has 4 heterocycles. The van der Waals surface area contributed by atoms with E-state index in [0.29, 0.717) is 17.1 Å². The molecule has 0 unspecified atom stereocenters. The van der Waals surface area contributed by atoms with Crippen molar-refractivity contribution < 1.29 is 24.5 Å². The molecule has 361 valence electrons. The normalized spacial score (nSPS) is 11.6. The van der Waals surface area contributed by atoms with E-state index in [0.717, 1.165) is 66.6 Å². The largest absolute Gasteiger partial charge is 0.501 e. The zero-order valence-electron chi connectivity index (χ0n) is 42.1. The van der Waals surface area contributed by atoms with Gasteiger partial charge in [-0.05, 0) is 97.6 Å². The van der Waals surface area contributed by atoms with Gasteiger partial charge in [-0.1, -0.05) is 180 Å². The second-order valence-electron chi connectivity index (χ2n) is 20.1. The molecule has 12 rings (SSSR count). The van der Waals surface area contributed by atoms with E-state index in [1.54, 1.807) is 0 Å². The summed E-state index contributed by atoms with van der Waals surface area (Å²) in [5.41, 5.74) is 17.8. The maximum atomic E-state index is 6.86. The molecule has 0 aliphatic rings. The summed E-state index contributed by atoms with van der Waals surface area (Å²) >= 11 is 0. The fourth-order valence-corrected chi connectivity index (χ4v) is 10.6. The molecule has 0 aliphatic carbocycles. The molecule has 8 heteroatoms. The van der Waals surface area contributed by atoms with Crippen molar-refractivity contribution in [2.24, 2.45) is 0 Å². The third kappa shape index (κ3) is 9.74. The van der Waals surface area contributed by atoms with E-state index in [9.17, 15) is 0 Å². The number of fused-ring (bicyclic) bond motifs is 5. The van der Waals surface area contributed by atoms with Gasteiger partial charge in [-0.15, -0.1) is 54.1 Å². The number of aromatic nitrogens is 5. The molecule has 0 saturated heterocycles. The summed E-state index contributed by atoms with van der Waals surface area (Å²) in [6.45, 7) is 16.0. The summed E-state index contributed by atoms with van der Waals surface area (Å²) in [5, 5.41) is 3.45. The average Bonchev–Trinajstić information content (AvgIpc) is 3.98. The van der Waals surface area contributed by atoms with Gasteiger partial charge in [0.15, 0.2) is 11.3 Å². The first kappa shape index (κ1) is 49.0. The van der Waals surface area contributed by atoms with Crippen LogP contribution in [0.15, 0.2) is 199 Å². The van der Waals surface area contributed by atoms with Gasteiger partial charge in [-0.25, -0.2) is 9.97 Å². The van der Waals surface area contributed by atoms with Gasteiger partial charge >= 0.3 is 0 Å². The Bertz CT molecular complexity index is 3850. The maximum Gasteiger partial charge on any atom is 0.188 e. The summed E-state index contributed by atoms with van der Waals surface area (Å²) in [4.78, 5) is 20.2. The van der Waals surface area contributed by atoms with Crippen molar-refractivity contribution in [3.63, 3.8) is 0 Å². The molecule has 0 fully saturated rings. The Hall–Kier alpha value is -7.61. The fraction of sp³-hybridized carbons (Fsp3) is 0.138. The van der Waals surface area contributed by atoms with Gasteiger partial charge in [0, 0.05) is 37.4 Å². The second kappa shape index (κ2) is 20.5. The van der Waals surface area contributed by atoms with Crippen LogP contribution in [-0.4, -0.2) is 32.6 Å². The van der Waals surface area contributed by atoms with Gasteiger partial charge in [-0.2, -0.15) is 0 Å². The van der Waals surface area contributed by atoms with Crippen molar-refractivity contribution in [2.75, 3.05) is 0 Å². The van der Waals surface area contributed by atoms with Crippen LogP contribution in [0.2, 0.25) is 19.6 Å². The van der Waals surface area contributed by atoms with E-state index in [4.69, 9.17) is 19.4 Å². The third-order valence-electron chi connectivity index (χ3n) is 13.5. The molecule has 4 aromatic heterocycles. The number of imidazole rings is 1. The Labute approximate surface area is 442 Å². The van der Waals surface area contributed by atoms with Crippen LogP contribution in [0.25, 0.3) is 106 Å². The Kier molecular flexibility index (Phi) is 13.7. The molecule has 12 aromatic rings. The van der Waals surface area contributed by atoms with Gasteiger partial charge in [-0.3, -0.25) is 4.98 Å². The monoisotopic (exact) mass is 1140 g/mol. The molecular formula is C65H55IrN5OSi-2. The first-order valence-electron chi connectivity index (χ1n) is 24.8. The van der Waals surface area contributed by atoms with E-state index in [-0.39, 0.29) is 31.9 Å². The van der Waals surface area contributed by atoms with Crippen molar-refractivity contribution >= 4 is 57.5 Å². The predicted molar refractivity (Wildman–Crippen MR) is 302 cm³/mol. The number of furan rings is 1. The summed E-state index contributed by atoms with van der Waals surface area (Å²) in [7, 11) is -1.23. The molecular weight excluding hydrogens is 1090 g/mol. The minimum Gasteiger partial charge on any atom is -0.501 e. The Morgan fingerprint density at radius 3 is 1.71 bits per heavy atom. The summed E-state index contributed by atoms with van der Waals surface area (Å²) in [6, 6.07) is 72.1. The second-order valence-corrected chi connectivity index (χ2v) is 25.2. The van der Waals surface area contributed by atoms with Crippen LogP contribution in [0.3, 0.4) is 0 Å². The molecule has 0 saturated carbocycles. The summed E-state index contributed by atoms with van der Waals surface area (Å²) < 4.78 is 9.09. The number of rotatable bonds is 9. The first-order valence-corrected chi connectivity index (χ1v) is 28.3. The van der Waals surface area contributed by atoms with Gasteiger partial charge in [0.1, 0.15) is 5.58 Å². The van der Waals surface area contributed by atoms with Crippen molar-refractivity contribution in [3.8, 4) is 61.7 Å². The molecule has 8 aromatic carbocycles. The first-order chi connectivity index (χ1) is 35.0. The van der Waals surface area contributed by atoms with E-state index in [2.05, 4.69) is 196 Å². The van der Waals surface area contributed by atoms with Crippen LogP contribution < -0.4 is 5.19 Å². The SMILES string of the molecule is CC(C)c1cc(-c2ccccc2)cc(C(C)C)c1-n1c(-c2[c-]ccc3c2oc2cc(-c4ccc(-c5ccccc5)cc4)ccc23)nc2nc3ccccc3nc21.C[Si](C)(C)c1ccc(-c2[c-]cccc2)nc1.[Ir]. The van der Waals surface area contributed by atoms with Crippen LogP contribution in [-0.2, 0) is 20.1 Å². The number of nitrogens with zero attached hydrogens (tertiary/aromatic N) is 5. The standard InChI is InChI=1S/C51H39N4O.C14H16NSi.Ir/c1-31(2)42-28-38(34-16-9-6-10-17-34)29-43(32(3)4)47(42)55-50(54-49-51(55)53-45-21-12-11-20-44(45)52-49)41-19-13-18-40-39-27-26-37(30-46(39)56-48(40)41)36-24-22-35(23-25-36)33-14-7-5-8-15-33;1-16(2,3)13-9-10-14(15-11-13)12-7-5-4-6-8-12;/h5-18,20-32H,1-4H3;4-7,9-11H,1-3H3;/q2*-1;. The Morgan fingerprint density at radius 1 is 0.521 bits per heavy atom. The third-order valence-corrected chi connectivity index (χ3v) is 15.5. The molecule has 73 heavy (non-hydrogen) atoms. The molecule has 0 amide bonds. The Balaban J connectivity index is 0.000000307. The van der Waals surface area contributed by atoms with Crippen LogP contribution in [0.1, 0.15) is 50.7 Å². The fourth-order valence-electron chi connectivity index (χ4n) is 9.57. The van der Waals surface area contributed by atoms with E-state index < -0.39 is 8.07 Å². The number of hydrogen-bond acceptors (Lipinski definition) is 5. The zero-order chi connectivity index (χ0) is 49.5. The van der Waals surface area contributed by atoms with Crippen LogP contribution in [0.5, 0.6) is 0 Å². The molecule has 1 radical (unpaired) electrons. The molecule has 0 aliphatic heterocycles. The topological polar surface area (TPSA) is 69.6 Å².